The lowest BCUT2D eigenvalue weighted by molar-refractivity contribution is -0.0585. The summed E-state index contributed by atoms with van der Waals surface area (Å²) in [6, 6.07) is 2.78. The third-order valence-electron chi connectivity index (χ3n) is 2.59. The van der Waals surface area contributed by atoms with E-state index in [1.807, 2.05) is 0 Å². The molecule has 0 aliphatic carbocycles. The van der Waals surface area contributed by atoms with Crippen molar-refractivity contribution in [2.75, 3.05) is 13.2 Å². The van der Waals surface area contributed by atoms with Gasteiger partial charge in [0.05, 0.1) is 24.8 Å². The van der Waals surface area contributed by atoms with Gasteiger partial charge in [-0.15, -0.1) is 0 Å². The average molecular weight is 182 g/mol. The Morgan fingerprint density at radius 2 is 2.31 bits per heavy atom. The van der Waals surface area contributed by atoms with Crippen LogP contribution in [0.5, 0.6) is 0 Å². The maximum Gasteiger partial charge on any atom is 0.0979 e. The quantitative estimate of drug-likeness (QED) is 0.647. The summed E-state index contributed by atoms with van der Waals surface area (Å²) in [5.41, 5.74) is 0. The Hall–Kier alpha value is -0.590. The maximum atomic E-state index is 8.95. The maximum absolute atomic E-state index is 8.95. The molecule has 1 fully saturated rings. The molecule has 0 saturated carbocycles. The number of hydrogen-bond donors (Lipinski definition) is 0. The number of nitrogens with zero attached hydrogens (tertiary/aromatic N) is 2. The van der Waals surface area contributed by atoms with E-state index in [1.54, 1.807) is 0 Å². The predicted molar refractivity (Wildman–Crippen MR) is 51.3 cm³/mol. The summed E-state index contributed by atoms with van der Waals surface area (Å²) in [4.78, 5) is 2.24. The minimum atomic E-state index is 0.0568. The van der Waals surface area contributed by atoms with Crippen molar-refractivity contribution in [3.8, 4) is 6.07 Å². The smallest absolute Gasteiger partial charge is 0.0979 e. The van der Waals surface area contributed by atoms with Crippen molar-refractivity contribution in [3.05, 3.63) is 0 Å². The van der Waals surface area contributed by atoms with E-state index in [2.05, 4.69) is 31.7 Å². The molecule has 0 spiro atoms. The van der Waals surface area contributed by atoms with E-state index in [1.165, 1.54) is 0 Å². The molecule has 1 aliphatic heterocycles. The third-order valence-corrected chi connectivity index (χ3v) is 2.59. The molecule has 1 aliphatic rings. The number of rotatable bonds is 2. The van der Waals surface area contributed by atoms with Gasteiger partial charge in [0.15, 0.2) is 0 Å². The Bertz CT molecular complexity index is 200. The lowest BCUT2D eigenvalue weighted by atomic mass is 10.1. The van der Waals surface area contributed by atoms with Crippen LogP contribution in [0.3, 0.4) is 0 Å². The molecule has 3 heteroatoms. The average Bonchev–Trinajstić information content (AvgIpc) is 2.13. The Morgan fingerprint density at radius 3 is 2.85 bits per heavy atom. The van der Waals surface area contributed by atoms with E-state index in [-0.39, 0.29) is 12.1 Å². The molecule has 0 amide bonds. The molecular formula is C10H18N2O. The molecule has 3 atom stereocenters. The second kappa shape index (κ2) is 4.59. The van der Waals surface area contributed by atoms with Crippen molar-refractivity contribution >= 4 is 0 Å². The van der Waals surface area contributed by atoms with Crippen molar-refractivity contribution < 1.29 is 4.74 Å². The van der Waals surface area contributed by atoms with Crippen molar-refractivity contribution in [1.29, 1.82) is 5.26 Å². The van der Waals surface area contributed by atoms with Gasteiger partial charge < -0.3 is 4.74 Å². The van der Waals surface area contributed by atoms with Crippen molar-refractivity contribution in [3.63, 3.8) is 0 Å². The fraction of sp³-hybridized carbons (Fsp3) is 0.900. The zero-order chi connectivity index (χ0) is 9.84. The monoisotopic (exact) mass is 182 g/mol. The minimum absolute atomic E-state index is 0.0568. The first-order valence-corrected chi connectivity index (χ1v) is 4.96. The van der Waals surface area contributed by atoms with E-state index in [0.717, 1.165) is 19.6 Å². The predicted octanol–water partition coefficient (Wildman–Crippen LogP) is 1.40. The molecule has 3 nitrogen and oxygen atoms in total. The summed E-state index contributed by atoms with van der Waals surface area (Å²) in [5, 5.41) is 8.95. The molecular weight excluding hydrogens is 164 g/mol. The van der Waals surface area contributed by atoms with Gasteiger partial charge in [-0.25, -0.2) is 0 Å². The molecule has 0 aromatic carbocycles. The highest BCUT2D eigenvalue weighted by molar-refractivity contribution is 4.94. The fourth-order valence-corrected chi connectivity index (χ4v) is 1.76. The van der Waals surface area contributed by atoms with Crippen LogP contribution in [0.2, 0.25) is 0 Å². The van der Waals surface area contributed by atoms with Gasteiger partial charge in [0, 0.05) is 12.6 Å². The Labute approximate surface area is 80.3 Å². The molecule has 0 radical (unpaired) electrons. The van der Waals surface area contributed by atoms with E-state index in [4.69, 9.17) is 10.00 Å². The molecule has 1 rings (SSSR count). The lowest BCUT2D eigenvalue weighted by Gasteiger charge is -2.39. The van der Waals surface area contributed by atoms with Gasteiger partial charge in [-0.05, 0) is 20.3 Å². The number of nitriles is 1. The second-order valence-corrected chi connectivity index (χ2v) is 3.74. The number of morpholine rings is 1. The van der Waals surface area contributed by atoms with Gasteiger partial charge in [0.1, 0.15) is 0 Å². The van der Waals surface area contributed by atoms with Crippen LogP contribution in [0, 0.1) is 11.3 Å². The van der Waals surface area contributed by atoms with Crippen LogP contribution >= 0.6 is 0 Å². The van der Waals surface area contributed by atoms with Crippen LogP contribution in [0.15, 0.2) is 0 Å². The van der Waals surface area contributed by atoms with Gasteiger partial charge >= 0.3 is 0 Å². The highest BCUT2D eigenvalue weighted by Crippen LogP contribution is 2.15. The van der Waals surface area contributed by atoms with Gasteiger partial charge in [0.2, 0.25) is 0 Å². The first-order valence-electron chi connectivity index (χ1n) is 4.96. The van der Waals surface area contributed by atoms with E-state index >= 15 is 0 Å². The van der Waals surface area contributed by atoms with Crippen LogP contribution < -0.4 is 0 Å². The molecule has 1 heterocycles. The van der Waals surface area contributed by atoms with Crippen LogP contribution in [0.1, 0.15) is 27.2 Å². The van der Waals surface area contributed by atoms with Crippen LogP contribution in [0.4, 0.5) is 0 Å². The standard InChI is InChI=1S/C10H18N2O/c1-4-10(5-11)12-6-9(3)13-7-8(12)2/h8-10H,4,6-7H2,1-3H3. The second-order valence-electron chi connectivity index (χ2n) is 3.74. The molecule has 13 heavy (non-hydrogen) atoms. The Morgan fingerprint density at radius 1 is 1.62 bits per heavy atom. The Balaban J connectivity index is 2.60. The van der Waals surface area contributed by atoms with Crippen LogP contribution in [-0.4, -0.2) is 36.2 Å². The number of hydrogen-bond acceptors (Lipinski definition) is 3. The highest BCUT2D eigenvalue weighted by atomic mass is 16.5. The molecule has 3 unspecified atom stereocenters. The molecule has 0 aromatic rings. The molecule has 0 N–H and O–H groups in total. The first kappa shape index (κ1) is 10.5. The number of ether oxygens (including phenoxy) is 1. The SMILES string of the molecule is CCC(C#N)N1CC(C)OCC1C. The minimum Gasteiger partial charge on any atom is -0.376 e. The zero-order valence-electron chi connectivity index (χ0n) is 8.66. The largest absolute Gasteiger partial charge is 0.376 e. The highest BCUT2D eigenvalue weighted by Gasteiger charge is 2.28. The van der Waals surface area contributed by atoms with Gasteiger partial charge in [0.25, 0.3) is 0 Å². The fourth-order valence-electron chi connectivity index (χ4n) is 1.76. The zero-order valence-corrected chi connectivity index (χ0v) is 8.66. The summed E-state index contributed by atoms with van der Waals surface area (Å²) in [5.74, 6) is 0. The van der Waals surface area contributed by atoms with Crippen LogP contribution in [-0.2, 0) is 4.74 Å². The summed E-state index contributed by atoms with van der Waals surface area (Å²) < 4.78 is 5.51. The van der Waals surface area contributed by atoms with Crippen molar-refractivity contribution in [1.82, 2.24) is 4.90 Å². The van der Waals surface area contributed by atoms with E-state index < -0.39 is 0 Å². The topological polar surface area (TPSA) is 36.3 Å². The molecule has 0 bridgehead atoms. The van der Waals surface area contributed by atoms with E-state index in [9.17, 15) is 0 Å². The van der Waals surface area contributed by atoms with E-state index in [0.29, 0.717) is 6.04 Å². The summed E-state index contributed by atoms with van der Waals surface area (Å²) in [6.07, 6.45) is 1.16. The summed E-state index contributed by atoms with van der Waals surface area (Å²) in [6.45, 7) is 7.86. The van der Waals surface area contributed by atoms with Gasteiger partial charge in [-0.3, -0.25) is 4.90 Å². The third kappa shape index (κ3) is 2.43. The molecule has 74 valence electrons. The molecule has 0 aromatic heterocycles. The van der Waals surface area contributed by atoms with Crippen LogP contribution in [0.25, 0.3) is 0 Å². The van der Waals surface area contributed by atoms with Gasteiger partial charge in [-0.1, -0.05) is 6.92 Å². The molecule has 1 saturated heterocycles. The first-order chi connectivity index (χ1) is 6.19. The van der Waals surface area contributed by atoms with Crippen molar-refractivity contribution in [2.45, 2.75) is 45.4 Å². The Kier molecular flexibility index (Phi) is 3.71. The lowest BCUT2D eigenvalue weighted by Crippen LogP contribution is -2.51. The van der Waals surface area contributed by atoms with Crippen molar-refractivity contribution in [2.24, 2.45) is 0 Å². The van der Waals surface area contributed by atoms with Gasteiger partial charge in [-0.2, -0.15) is 5.26 Å². The summed E-state index contributed by atoms with van der Waals surface area (Å²) in [7, 11) is 0. The normalized spacial score (nSPS) is 32.5. The summed E-state index contributed by atoms with van der Waals surface area (Å²) >= 11 is 0.